The third-order valence-electron chi connectivity index (χ3n) is 2.51. The SMILES string of the molecule is COc1cc(F)c(Br)cc1C(N)c1ccsc1. The van der Waals surface area contributed by atoms with Gasteiger partial charge in [-0.1, -0.05) is 0 Å². The van der Waals surface area contributed by atoms with Gasteiger partial charge in [0.15, 0.2) is 0 Å². The highest BCUT2D eigenvalue weighted by Crippen LogP contribution is 2.33. The van der Waals surface area contributed by atoms with Crippen LogP contribution in [0.15, 0.2) is 33.4 Å². The van der Waals surface area contributed by atoms with Gasteiger partial charge in [-0.25, -0.2) is 4.39 Å². The van der Waals surface area contributed by atoms with Crippen molar-refractivity contribution in [2.24, 2.45) is 5.73 Å². The molecule has 0 saturated heterocycles. The normalized spacial score (nSPS) is 12.5. The second-order valence-corrected chi connectivity index (χ2v) is 5.18. The van der Waals surface area contributed by atoms with Crippen LogP contribution < -0.4 is 10.5 Å². The molecule has 90 valence electrons. The smallest absolute Gasteiger partial charge is 0.141 e. The molecule has 1 unspecified atom stereocenters. The topological polar surface area (TPSA) is 35.2 Å². The Morgan fingerprint density at radius 2 is 2.24 bits per heavy atom. The van der Waals surface area contributed by atoms with Gasteiger partial charge in [0.05, 0.1) is 17.6 Å². The van der Waals surface area contributed by atoms with Crippen LogP contribution in [0.2, 0.25) is 0 Å². The number of ether oxygens (including phenoxy) is 1. The lowest BCUT2D eigenvalue weighted by Gasteiger charge is -2.15. The Kier molecular flexibility index (Phi) is 3.81. The quantitative estimate of drug-likeness (QED) is 0.937. The summed E-state index contributed by atoms with van der Waals surface area (Å²) in [6.45, 7) is 0. The summed E-state index contributed by atoms with van der Waals surface area (Å²) in [5.41, 5.74) is 7.90. The molecule has 5 heteroatoms. The van der Waals surface area contributed by atoms with E-state index < -0.39 is 0 Å². The van der Waals surface area contributed by atoms with Gasteiger partial charge >= 0.3 is 0 Å². The highest BCUT2D eigenvalue weighted by Gasteiger charge is 2.17. The summed E-state index contributed by atoms with van der Waals surface area (Å²) < 4.78 is 18.9. The maximum absolute atomic E-state index is 13.4. The lowest BCUT2D eigenvalue weighted by molar-refractivity contribution is 0.404. The van der Waals surface area contributed by atoms with E-state index in [1.165, 1.54) is 13.2 Å². The van der Waals surface area contributed by atoms with Crippen LogP contribution in [0, 0.1) is 5.82 Å². The summed E-state index contributed by atoms with van der Waals surface area (Å²) in [6, 6.07) is 4.64. The van der Waals surface area contributed by atoms with Crippen molar-refractivity contribution in [3.05, 3.63) is 50.4 Å². The molecule has 1 heterocycles. The van der Waals surface area contributed by atoms with Crippen molar-refractivity contribution >= 4 is 27.3 Å². The average molecular weight is 316 g/mol. The molecule has 0 saturated carbocycles. The number of benzene rings is 1. The minimum atomic E-state index is -0.358. The highest BCUT2D eigenvalue weighted by atomic mass is 79.9. The summed E-state index contributed by atoms with van der Waals surface area (Å²) in [5.74, 6) is 0.104. The maximum atomic E-state index is 13.4. The number of thiophene rings is 1. The van der Waals surface area contributed by atoms with E-state index >= 15 is 0 Å². The van der Waals surface area contributed by atoms with Crippen molar-refractivity contribution < 1.29 is 9.13 Å². The predicted molar refractivity (Wildman–Crippen MR) is 71.0 cm³/mol. The van der Waals surface area contributed by atoms with Crippen LogP contribution in [0.1, 0.15) is 17.2 Å². The van der Waals surface area contributed by atoms with E-state index in [9.17, 15) is 4.39 Å². The highest BCUT2D eigenvalue weighted by molar-refractivity contribution is 9.10. The van der Waals surface area contributed by atoms with E-state index in [2.05, 4.69) is 15.9 Å². The summed E-state index contributed by atoms with van der Waals surface area (Å²) in [6.07, 6.45) is 0. The average Bonchev–Trinajstić information content (AvgIpc) is 2.84. The van der Waals surface area contributed by atoms with Crippen LogP contribution in [0.3, 0.4) is 0 Å². The van der Waals surface area contributed by atoms with E-state index in [1.807, 2.05) is 16.8 Å². The molecule has 0 aliphatic carbocycles. The third-order valence-corrected chi connectivity index (χ3v) is 3.82. The fourth-order valence-electron chi connectivity index (χ4n) is 1.60. The van der Waals surface area contributed by atoms with Crippen LogP contribution in [-0.4, -0.2) is 7.11 Å². The van der Waals surface area contributed by atoms with Gasteiger partial charge in [-0.15, -0.1) is 0 Å². The van der Waals surface area contributed by atoms with Crippen LogP contribution in [0.5, 0.6) is 5.75 Å². The molecule has 0 spiro atoms. The van der Waals surface area contributed by atoms with Gasteiger partial charge in [-0.3, -0.25) is 0 Å². The van der Waals surface area contributed by atoms with Crippen molar-refractivity contribution in [3.8, 4) is 5.75 Å². The van der Waals surface area contributed by atoms with Crippen LogP contribution in [0.4, 0.5) is 4.39 Å². The Bertz CT molecular complexity index is 515. The molecule has 2 N–H and O–H groups in total. The summed E-state index contributed by atoms with van der Waals surface area (Å²) >= 11 is 4.73. The molecule has 0 bridgehead atoms. The number of halogens is 2. The summed E-state index contributed by atoms with van der Waals surface area (Å²) in [4.78, 5) is 0. The van der Waals surface area contributed by atoms with Crippen molar-refractivity contribution in [1.82, 2.24) is 0 Å². The molecule has 1 aromatic heterocycles. The zero-order valence-corrected chi connectivity index (χ0v) is 11.5. The number of hydrogen-bond donors (Lipinski definition) is 1. The van der Waals surface area contributed by atoms with Crippen molar-refractivity contribution in [2.45, 2.75) is 6.04 Å². The monoisotopic (exact) mass is 315 g/mol. The number of hydrogen-bond acceptors (Lipinski definition) is 3. The molecular weight excluding hydrogens is 305 g/mol. The molecule has 1 atom stereocenters. The Morgan fingerprint density at radius 1 is 1.47 bits per heavy atom. The molecule has 0 radical (unpaired) electrons. The van der Waals surface area contributed by atoms with E-state index in [0.717, 1.165) is 11.1 Å². The Morgan fingerprint density at radius 3 is 2.82 bits per heavy atom. The largest absolute Gasteiger partial charge is 0.496 e. The van der Waals surface area contributed by atoms with Crippen molar-refractivity contribution in [2.75, 3.05) is 7.11 Å². The maximum Gasteiger partial charge on any atom is 0.141 e. The van der Waals surface area contributed by atoms with Gasteiger partial charge in [-0.2, -0.15) is 11.3 Å². The van der Waals surface area contributed by atoms with Crippen molar-refractivity contribution in [3.63, 3.8) is 0 Å². The Balaban J connectivity index is 2.47. The Hall–Kier alpha value is -0.910. The molecule has 2 nitrogen and oxygen atoms in total. The third kappa shape index (κ3) is 2.51. The van der Waals surface area contributed by atoms with E-state index in [1.54, 1.807) is 17.4 Å². The second kappa shape index (κ2) is 5.16. The van der Waals surface area contributed by atoms with Crippen LogP contribution >= 0.6 is 27.3 Å². The molecule has 0 aliphatic rings. The summed E-state index contributed by atoms with van der Waals surface area (Å²) in [5, 5.41) is 3.93. The fourth-order valence-corrected chi connectivity index (χ4v) is 2.65. The van der Waals surface area contributed by atoms with E-state index in [0.29, 0.717) is 10.2 Å². The molecule has 0 fully saturated rings. The van der Waals surface area contributed by atoms with Crippen LogP contribution in [-0.2, 0) is 0 Å². The van der Waals surface area contributed by atoms with Crippen LogP contribution in [0.25, 0.3) is 0 Å². The number of rotatable bonds is 3. The zero-order chi connectivity index (χ0) is 12.4. The minimum Gasteiger partial charge on any atom is -0.496 e. The minimum absolute atomic E-state index is 0.312. The molecule has 2 rings (SSSR count). The first-order valence-corrected chi connectivity index (χ1v) is 6.67. The molecule has 2 aromatic rings. The standard InChI is InChI=1S/C12H11BrFNOS/c1-16-11-5-10(14)9(13)4-8(11)12(15)7-2-3-17-6-7/h2-6,12H,15H2,1H3. The number of nitrogens with two attached hydrogens (primary N) is 1. The molecule has 0 amide bonds. The lowest BCUT2D eigenvalue weighted by atomic mass is 10.0. The predicted octanol–water partition coefficient (Wildman–Crippen LogP) is 3.71. The fraction of sp³-hybridized carbons (Fsp3) is 0.167. The van der Waals surface area contributed by atoms with E-state index in [4.69, 9.17) is 10.5 Å². The molecule has 17 heavy (non-hydrogen) atoms. The second-order valence-electron chi connectivity index (χ2n) is 3.54. The molecule has 0 aliphatic heterocycles. The lowest BCUT2D eigenvalue weighted by Crippen LogP contribution is -2.12. The first kappa shape index (κ1) is 12.5. The first-order chi connectivity index (χ1) is 8.13. The first-order valence-electron chi connectivity index (χ1n) is 4.94. The Labute approximate surface area is 111 Å². The van der Waals surface area contributed by atoms with Gasteiger partial charge in [0, 0.05) is 11.6 Å². The summed E-state index contributed by atoms with van der Waals surface area (Å²) in [7, 11) is 1.51. The van der Waals surface area contributed by atoms with Gasteiger partial charge in [0.2, 0.25) is 0 Å². The molecular formula is C12H11BrFNOS. The number of methoxy groups -OCH3 is 1. The molecule has 1 aromatic carbocycles. The zero-order valence-electron chi connectivity index (χ0n) is 9.11. The van der Waals surface area contributed by atoms with Gasteiger partial charge in [0.25, 0.3) is 0 Å². The van der Waals surface area contributed by atoms with Gasteiger partial charge in [-0.05, 0) is 44.4 Å². The van der Waals surface area contributed by atoms with Gasteiger partial charge < -0.3 is 10.5 Å². The van der Waals surface area contributed by atoms with E-state index in [-0.39, 0.29) is 11.9 Å². The van der Waals surface area contributed by atoms with Crippen molar-refractivity contribution in [1.29, 1.82) is 0 Å². The van der Waals surface area contributed by atoms with Gasteiger partial charge in [0.1, 0.15) is 11.6 Å².